The Morgan fingerprint density at radius 3 is 2.74 bits per heavy atom. The summed E-state index contributed by atoms with van der Waals surface area (Å²) in [4.78, 5) is 12.6. The number of nitro groups is 1. The summed E-state index contributed by atoms with van der Waals surface area (Å²) in [6.07, 6.45) is 3.41. The van der Waals surface area contributed by atoms with Crippen molar-refractivity contribution in [3.05, 3.63) is 46.0 Å². The first-order valence-corrected chi connectivity index (χ1v) is 7.36. The van der Waals surface area contributed by atoms with E-state index in [1.165, 1.54) is 13.2 Å². The fourth-order valence-corrected chi connectivity index (χ4v) is 3.01. The molecule has 0 radical (unpaired) electrons. The molecule has 1 aromatic carbocycles. The van der Waals surface area contributed by atoms with Crippen molar-refractivity contribution in [1.82, 2.24) is 10.2 Å². The molecular weight excluding hydrogens is 303 g/mol. The summed E-state index contributed by atoms with van der Waals surface area (Å²) >= 11 is 0. The predicted octanol–water partition coefficient (Wildman–Crippen LogP) is 2.85. The molecule has 3 rings (SSSR count). The van der Waals surface area contributed by atoms with Gasteiger partial charge in [0.25, 0.3) is 5.69 Å². The summed E-state index contributed by atoms with van der Waals surface area (Å²) in [7, 11) is 1.35. The van der Waals surface area contributed by atoms with E-state index >= 15 is 0 Å². The van der Waals surface area contributed by atoms with Gasteiger partial charge in [0.2, 0.25) is 0 Å². The zero-order chi connectivity index (χ0) is 16.4. The number of aromatic nitrogens is 2. The smallest absolute Gasteiger partial charge is 0.295 e. The average Bonchev–Trinajstić information content (AvgIpc) is 3.09. The summed E-state index contributed by atoms with van der Waals surface area (Å²) in [5.41, 5.74) is 1.25. The number of methoxy groups -OCH3 is 1. The van der Waals surface area contributed by atoms with Crippen molar-refractivity contribution in [2.45, 2.75) is 18.8 Å². The Hall–Kier alpha value is -2.64. The second-order valence-corrected chi connectivity index (χ2v) is 5.51. The number of anilines is 1. The maximum Gasteiger partial charge on any atom is 0.295 e. The van der Waals surface area contributed by atoms with Crippen LogP contribution in [-0.2, 0) is 0 Å². The molecule has 1 aromatic heterocycles. The van der Waals surface area contributed by atoms with E-state index in [0.717, 1.165) is 24.6 Å². The van der Waals surface area contributed by atoms with Crippen LogP contribution in [0, 0.1) is 15.9 Å². The Labute approximate surface area is 132 Å². The quantitative estimate of drug-likeness (QED) is 0.691. The van der Waals surface area contributed by atoms with E-state index in [4.69, 9.17) is 4.74 Å². The molecule has 1 saturated heterocycles. The molecule has 1 fully saturated rings. The Balaban J connectivity index is 1.83. The van der Waals surface area contributed by atoms with Crippen molar-refractivity contribution in [2.24, 2.45) is 0 Å². The highest BCUT2D eigenvalue weighted by Gasteiger charge is 2.28. The number of halogens is 1. The van der Waals surface area contributed by atoms with E-state index in [1.807, 2.05) is 11.0 Å². The van der Waals surface area contributed by atoms with Crippen LogP contribution in [0.2, 0.25) is 0 Å². The molecule has 0 atom stereocenters. The number of ether oxygens (including phenoxy) is 1. The van der Waals surface area contributed by atoms with E-state index in [-0.39, 0.29) is 11.4 Å². The van der Waals surface area contributed by atoms with E-state index in [2.05, 4.69) is 10.2 Å². The normalized spacial score (nSPS) is 15.7. The van der Waals surface area contributed by atoms with Gasteiger partial charge in [0.15, 0.2) is 11.6 Å². The molecule has 23 heavy (non-hydrogen) atoms. The molecule has 2 heterocycles. The maximum absolute atomic E-state index is 13.7. The molecule has 1 aliphatic rings. The van der Waals surface area contributed by atoms with Crippen LogP contribution in [0.3, 0.4) is 0 Å². The van der Waals surface area contributed by atoms with Crippen LogP contribution in [0.1, 0.15) is 24.5 Å². The number of piperidine rings is 1. The van der Waals surface area contributed by atoms with E-state index < -0.39 is 10.7 Å². The summed E-state index contributed by atoms with van der Waals surface area (Å²) in [5, 5.41) is 18.2. The fraction of sp³-hybridized carbons (Fsp3) is 0.400. The number of nitrogens with one attached hydrogen (secondary N) is 1. The van der Waals surface area contributed by atoms with E-state index in [9.17, 15) is 14.5 Å². The number of aromatic amines is 1. The summed E-state index contributed by atoms with van der Waals surface area (Å²) in [6.45, 7) is 1.30. The van der Waals surface area contributed by atoms with Gasteiger partial charge in [-0.15, -0.1) is 0 Å². The minimum absolute atomic E-state index is 0.0151. The first kappa shape index (κ1) is 15.3. The van der Waals surface area contributed by atoms with Gasteiger partial charge in [-0.2, -0.15) is 5.10 Å². The van der Waals surface area contributed by atoms with Crippen molar-refractivity contribution in [2.75, 3.05) is 25.1 Å². The SMILES string of the molecule is COc1cc(N2CCC(c3ccn[nH]3)CC2)c([N+](=O)[O-])cc1F. The minimum Gasteiger partial charge on any atom is -0.494 e. The Morgan fingerprint density at radius 1 is 1.43 bits per heavy atom. The second-order valence-electron chi connectivity index (χ2n) is 5.51. The van der Waals surface area contributed by atoms with Crippen LogP contribution in [-0.4, -0.2) is 35.3 Å². The van der Waals surface area contributed by atoms with Gasteiger partial charge in [-0.25, -0.2) is 4.39 Å². The number of hydrogen-bond donors (Lipinski definition) is 1. The topological polar surface area (TPSA) is 84.3 Å². The lowest BCUT2D eigenvalue weighted by Crippen LogP contribution is -2.33. The molecule has 2 aromatic rings. The fourth-order valence-electron chi connectivity index (χ4n) is 3.01. The molecule has 8 heteroatoms. The molecule has 0 bridgehead atoms. The number of H-pyrrole nitrogens is 1. The number of benzene rings is 1. The first-order valence-electron chi connectivity index (χ1n) is 7.36. The number of hydrogen-bond acceptors (Lipinski definition) is 5. The highest BCUT2D eigenvalue weighted by Crippen LogP contribution is 2.37. The van der Waals surface area contributed by atoms with Crippen molar-refractivity contribution >= 4 is 11.4 Å². The second kappa shape index (κ2) is 6.23. The lowest BCUT2D eigenvalue weighted by molar-refractivity contribution is -0.384. The van der Waals surface area contributed by atoms with Crippen LogP contribution < -0.4 is 9.64 Å². The Bertz CT molecular complexity index is 697. The third kappa shape index (κ3) is 2.96. The van der Waals surface area contributed by atoms with E-state index in [1.54, 1.807) is 6.20 Å². The van der Waals surface area contributed by atoms with Gasteiger partial charge in [0, 0.05) is 37.0 Å². The zero-order valence-electron chi connectivity index (χ0n) is 12.7. The van der Waals surface area contributed by atoms with Gasteiger partial charge in [0.05, 0.1) is 18.1 Å². The molecule has 0 saturated carbocycles. The van der Waals surface area contributed by atoms with Crippen molar-refractivity contribution in [3.63, 3.8) is 0 Å². The molecule has 7 nitrogen and oxygen atoms in total. The van der Waals surface area contributed by atoms with Gasteiger partial charge >= 0.3 is 0 Å². The molecule has 122 valence electrons. The first-order chi connectivity index (χ1) is 11.1. The molecular formula is C15H17FN4O3. The third-order valence-corrected chi connectivity index (χ3v) is 4.24. The lowest BCUT2D eigenvalue weighted by atomic mass is 9.93. The summed E-state index contributed by atoms with van der Waals surface area (Å²) in [5.74, 6) is -0.355. The number of nitrogens with zero attached hydrogens (tertiary/aromatic N) is 3. The Morgan fingerprint density at radius 2 is 2.17 bits per heavy atom. The van der Waals surface area contributed by atoms with Crippen LogP contribution in [0.15, 0.2) is 24.4 Å². The molecule has 0 unspecified atom stereocenters. The molecule has 1 aliphatic heterocycles. The largest absolute Gasteiger partial charge is 0.494 e. The van der Waals surface area contributed by atoms with Crippen molar-refractivity contribution < 1.29 is 14.1 Å². The number of rotatable bonds is 4. The highest BCUT2D eigenvalue weighted by molar-refractivity contribution is 5.66. The average molecular weight is 320 g/mol. The summed E-state index contributed by atoms with van der Waals surface area (Å²) in [6, 6.07) is 4.28. The molecule has 0 spiro atoms. The van der Waals surface area contributed by atoms with Gasteiger partial charge in [-0.1, -0.05) is 0 Å². The molecule has 0 aliphatic carbocycles. The number of nitro benzene ring substituents is 1. The highest BCUT2D eigenvalue weighted by atomic mass is 19.1. The maximum atomic E-state index is 13.7. The van der Waals surface area contributed by atoms with E-state index in [0.29, 0.717) is 24.7 Å². The van der Waals surface area contributed by atoms with Crippen molar-refractivity contribution in [1.29, 1.82) is 0 Å². The van der Waals surface area contributed by atoms with Crippen LogP contribution in [0.25, 0.3) is 0 Å². The van der Waals surface area contributed by atoms with Gasteiger partial charge in [-0.05, 0) is 18.9 Å². The third-order valence-electron chi connectivity index (χ3n) is 4.24. The Kier molecular flexibility index (Phi) is 4.14. The predicted molar refractivity (Wildman–Crippen MR) is 82.4 cm³/mol. The lowest BCUT2D eigenvalue weighted by Gasteiger charge is -2.33. The van der Waals surface area contributed by atoms with Crippen LogP contribution in [0.5, 0.6) is 5.75 Å². The monoisotopic (exact) mass is 320 g/mol. The molecule has 0 amide bonds. The standard InChI is InChI=1S/C15H17FN4O3/c1-23-15-9-13(14(20(21)22)8-11(15)16)19-6-3-10(4-7-19)12-2-5-17-18-12/h2,5,8-10H,3-4,6-7H2,1H3,(H,17,18). The zero-order valence-corrected chi connectivity index (χ0v) is 12.7. The van der Waals surface area contributed by atoms with Crippen molar-refractivity contribution in [3.8, 4) is 5.75 Å². The van der Waals surface area contributed by atoms with Gasteiger partial charge in [-0.3, -0.25) is 15.2 Å². The summed E-state index contributed by atoms with van der Waals surface area (Å²) < 4.78 is 18.7. The van der Waals surface area contributed by atoms with Gasteiger partial charge in [0.1, 0.15) is 5.69 Å². The minimum atomic E-state index is -0.727. The molecule has 1 N–H and O–H groups in total. The van der Waals surface area contributed by atoms with Crippen LogP contribution >= 0.6 is 0 Å². The van der Waals surface area contributed by atoms with Gasteiger partial charge < -0.3 is 9.64 Å². The van der Waals surface area contributed by atoms with Crippen LogP contribution in [0.4, 0.5) is 15.8 Å².